The first-order chi connectivity index (χ1) is 16.3. The summed E-state index contributed by atoms with van der Waals surface area (Å²) in [6, 6.07) is 0. The molecule has 14 heteroatoms. The Morgan fingerprint density at radius 2 is 1.18 bits per heavy atom. The number of carbonyl (C=O) groups excluding carboxylic acids is 2. The van der Waals surface area contributed by atoms with Gasteiger partial charge in [0, 0.05) is 50.5 Å². The maximum absolute atomic E-state index is 12.2. The van der Waals surface area contributed by atoms with Gasteiger partial charge in [0.25, 0.3) is 0 Å². The third-order valence-electron chi connectivity index (χ3n) is 5.72. The summed E-state index contributed by atoms with van der Waals surface area (Å²) in [6.07, 6.45) is 4.17. The summed E-state index contributed by atoms with van der Waals surface area (Å²) in [5.41, 5.74) is -0.527. The monoisotopic (exact) mass is 510 g/mol. The highest BCUT2D eigenvalue weighted by Crippen LogP contribution is 2.38. The van der Waals surface area contributed by atoms with Crippen molar-refractivity contribution in [3.05, 3.63) is 32.6 Å². The summed E-state index contributed by atoms with van der Waals surface area (Å²) in [7, 11) is 6.56. The molecule has 2 heterocycles. The zero-order valence-corrected chi connectivity index (χ0v) is 21.0. The van der Waals surface area contributed by atoms with Crippen LogP contribution in [-0.4, -0.2) is 65.1 Å². The number of rotatable bonds is 13. The maximum Gasteiger partial charge on any atom is 0.346 e. The lowest BCUT2D eigenvalue weighted by Crippen LogP contribution is -2.34. The Morgan fingerprint density at radius 1 is 0.794 bits per heavy atom. The Kier molecular flexibility index (Phi) is 7.86. The van der Waals surface area contributed by atoms with E-state index in [9.17, 15) is 19.2 Å². The van der Waals surface area contributed by atoms with Crippen molar-refractivity contribution in [3.63, 3.8) is 0 Å². The highest BCUT2D eigenvalue weighted by atomic mass is 33.1. The molecule has 2 fully saturated rings. The van der Waals surface area contributed by atoms with Gasteiger partial charge < -0.3 is 10.6 Å². The molecule has 0 unspecified atom stereocenters. The van der Waals surface area contributed by atoms with Gasteiger partial charge in [-0.25, -0.2) is 19.0 Å². The van der Waals surface area contributed by atoms with Crippen LogP contribution in [0.15, 0.2) is 9.59 Å². The van der Waals surface area contributed by atoms with Crippen LogP contribution in [0.25, 0.3) is 0 Å². The number of aromatic nitrogens is 6. The standard InChI is InChI=1S/C20H30N8O4S2/c1-25-17(13-3-4-13)23-27(19(25)31)11-15(29)21-7-9-33-34-10-8-22-16(30)12-28-20(32)26(2)18(24-28)14-5-6-14/h13-14H,3-12H2,1-2H3,(H,21,29)(H,22,30). The van der Waals surface area contributed by atoms with Crippen molar-refractivity contribution >= 4 is 33.4 Å². The van der Waals surface area contributed by atoms with E-state index in [1.165, 1.54) is 18.5 Å². The lowest BCUT2D eigenvalue weighted by Gasteiger charge is -2.06. The van der Waals surface area contributed by atoms with Crippen LogP contribution < -0.4 is 22.0 Å². The van der Waals surface area contributed by atoms with Gasteiger partial charge in [-0.2, -0.15) is 10.2 Å². The van der Waals surface area contributed by atoms with E-state index in [-0.39, 0.29) is 36.3 Å². The van der Waals surface area contributed by atoms with E-state index in [0.29, 0.717) is 36.4 Å². The molecule has 2 aromatic heterocycles. The van der Waals surface area contributed by atoms with Crippen LogP contribution in [0.5, 0.6) is 0 Å². The highest BCUT2D eigenvalue weighted by Gasteiger charge is 2.30. The van der Waals surface area contributed by atoms with Gasteiger partial charge in [-0.3, -0.25) is 18.7 Å². The zero-order chi connectivity index (χ0) is 24.2. The van der Waals surface area contributed by atoms with E-state index < -0.39 is 0 Å². The van der Waals surface area contributed by atoms with Crippen LogP contribution in [0, 0.1) is 0 Å². The van der Waals surface area contributed by atoms with Crippen molar-refractivity contribution in [3.8, 4) is 0 Å². The predicted molar refractivity (Wildman–Crippen MR) is 130 cm³/mol. The second-order valence-electron chi connectivity index (χ2n) is 8.61. The normalized spacial score (nSPS) is 15.5. The maximum atomic E-state index is 12.2. The van der Waals surface area contributed by atoms with Crippen molar-refractivity contribution in [1.29, 1.82) is 0 Å². The molecule has 2 aliphatic carbocycles. The van der Waals surface area contributed by atoms with Crippen molar-refractivity contribution < 1.29 is 9.59 Å². The summed E-state index contributed by atoms with van der Waals surface area (Å²) in [6.45, 7) is 0.799. The quantitative estimate of drug-likeness (QED) is 0.273. The summed E-state index contributed by atoms with van der Waals surface area (Å²) >= 11 is 0. The second kappa shape index (κ2) is 10.8. The van der Waals surface area contributed by atoms with Gasteiger partial charge in [0.1, 0.15) is 24.7 Å². The van der Waals surface area contributed by atoms with E-state index in [4.69, 9.17) is 0 Å². The molecule has 2 saturated carbocycles. The number of amides is 2. The van der Waals surface area contributed by atoms with Crippen LogP contribution in [0.1, 0.15) is 49.2 Å². The zero-order valence-electron chi connectivity index (χ0n) is 19.4. The minimum absolute atomic E-state index is 0.0786. The van der Waals surface area contributed by atoms with Gasteiger partial charge in [0.2, 0.25) is 11.8 Å². The molecule has 2 aliphatic rings. The summed E-state index contributed by atoms with van der Waals surface area (Å²) in [5, 5.41) is 14.2. The highest BCUT2D eigenvalue weighted by molar-refractivity contribution is 8.76. The number of carbonyl (C=O) groups is 2. The Bertz CT molecular complexity index is 1070. The third kappa shape index (κ3) is 6.14. The van der Waals surface area contributed by atoms with Crippen LogP contribution in [0.4, 0.5) is 0 Å². The molecule has 0 saturated heterocycles. The van der Waals surface area contributed by atoms with Crippen molar-refractivity contribution in [2.45, 2.75) is 50.6 Å². The number of hydrogen-bond acceptors (Lipinski definition) is 8. The van der Waals surface area contributed by atoms with Crippen LogP contribution >= 0.6 is 21.6 Å². The molecule has 0 spiro atoms. The molecular formula is C20H30N8O4S2. The summed E-state index contributed by atoms with van der Waals surface area (Å²) in [4.78, 5) is 48.5. The van der Waals surface area contributed by atoms with E-state index in [0.717, 1.165) is 37.3 Å². The van der Waals surface area contributed by atoms with Gasteiger partial charge in [-0.05, 0) is 25.7 Å². The molecule has 0 radical (unpaired) electrons. The lowest BCUT2D eigenvalue weighted by molar-refractivity contribution is -0.122. The van der Waals surface area contributed by atoms with Gasteiger partial charge in [0.05, 0.1) is 0 Å². The predicted octanol–water partition coefficient (Wildman–Crippen LogP) is -0.454. The fourth-order valence-corrected chi connectivity index (χ4v) is 5.39. The third-order valence-corrected chi connectivity index (χ3v) is 8.13. The Labute approximate surface area is 204 Å². The first-order valence-corrected chi connectivity index (χ1v) is 13.9. The van der Waals surface area contributed by atoms with Crippen molar-refractivity contribution in [2.24, 2.45) is 14.1 Å². The molecule has 34 heavy (non-hydrogen) atoms. The minimum atomic E-state index is -0.264. The van der Waals surface area contributed by atoms with Gasteiger partial charge in [-0.15, -0.1) is 0 Å². The number of hydrogen-bond donors (Lipinski definition) is 2. The SMILES string of the molecule is Cn1c(C2CC2)nn(CC(=O)NCCSSCCNC(=O)Cn2nc(C3CC3)n(C)c2=O)c1=O. The average Bonchev–Trinajstić information content (AvgIpc) is 3.73. The second-order valence-corrected chi connectivity index (χ2v) is 11.3. The van der Waals surface area contributed by atoms with Crippen LogP contribution in [-0.2, 0) is 36.8 Å². The molecule has 0 atom stereocenters. The average molecular weight is 511 g/mol. The summed E-state index contributed by atoms with van der Waals surface area (Å²) < 4.78 is 5.49. The molecule has 12 nitrogen and oxygen atoms in total. The topological polar surface area (TPSA) is 138 Å². The lowest BCUT2D eigenvalue weighted by atomic mass is 10.4. The van der Waals surface area contributed by atoms with E-state index in [2.05, 4.69) is 20.8 Å². The first-order valence-electron chi connectivity index (χ1n) is 11.4. The molecule has 2 aromatic rings. The van der Waals surface area contributed by atoms with Gasteiger partial charge >= 0.3 is 11.4 Å². The molecule has 0 bridgehead atoms. The van der Waals surface area contributed by atoms with E-state index in [1.54, 1.807) is 35.7 Å². The van der Waals surface area contributed by atoms with Crippen LogP contribution in [0.2, 0.25) is 0 Å². The molecule has 2 amide bonds. The number of nitrogens with zero attached hydrogens (tertiary/aromatic N) is 6. The van der Waals surface area contributed by atoms with Crippen molar-refractivity contribution in [1.82, 2.24) is 39.3 Å². The summed E-state index contributed by atoms with van der Waals surface area (Å²) in [5.74, 6) is 3.12. The van der Waals surface area contributed by atoms with E-state index in [1.807, 2.05) is 0 Å². The van der Waals surface area contributed by atoms with Gasteiger partial charge in [-0.1, -0.05) is 21.6 Å². The van der Waals surface area contributed by atoms with E-state index >= 15 is 0 Å². The molecule has 0 aromatic carbocycles. The largest absolute Gasteiger partial charge is 0.354 e. The number of nitrogens with one attached hydrogen (secondary N) is 2. The van der Waals surface area contributed by atoms with Gasteiger partial charge in [0.15, 0.2) is 0 Å². The van der Waals surface area contributed by atoms with Crippen molar-refractivity contribution in [2.75, 3.05) is 24.6 Å². The molecule has 186 valence electrons. The smallest absolute Gasteiger partial charge is 0.346 e. The Morgan fingerprint density at radius 3 is 1.53 bits per heavy atom. The first kappa shape index (κ1) is 24.6. The fraction of sp³-hybridized carbons (Fsp3) is 0.700. The molecule has 0 aliphatic heterocycles. The Hall–Kier alpha value is -2.48. The van der Waals surface area contributed by atoms with Crippen LogP contribution in [0.3, 0.4) is 0 Å². The Balaban J connectivity index is 1.05. The fourth-order valence-electron chi connectivity index (χ4n) is 3.58. The molecule has 4 rings (SSSR count). The molecular weight excluding hydrogens is 480 g/mol. The minimum Gasteiger partial charge on any atom is -0.354 e. The molecule has 2 N–H and O–H groups in total.